The van der Waals surface area contributed by atoms with E-state index in [0.29, 0.717) is 18.0 Å². The lowest BCUT2D eigenvalue weighted by molar-refractivity contribution is -0.142. The summed E-state index contributed by atoms with van der Waals surface area (Å²) in [6.45, 7) is 4.77. The number of amides is 1. The van der Waals surface area contributed by atoms with Crippen LogP contribution in [0.3, 0.4) is 0 Å². The Hall–Kier alpha value is -3.06. The molecule has 2 aromatic carbocycles. The normalized spacial score (nSPS) is 15.7. The van der Waals surface area contributed by atoms with Gasteiger partial charge in [0, 0.05) is 18.3 Å². The number of hydrogen-bond acceptors (Lipinski definition) is 6. The summed E-state index contributed by atoms with van der Waals surface area (Å²) in [5, 5.41) is 3.01. The van der Waals surface area contributed by atoms with Crippen LogP contribution in [-0.4, -0.2) is 51.2 Å². The fourth-order valence-electron chi connectivity index (χ4n) is 3.99. The molecule has 2 aromatic rings. The molecule has 1 heterocycles. The Morgan fingerprint density at radius 1 is 1.06 bits per heavy atom. The molecule has 7 nitrogen and oxygen atoms in total. The maximum Gasteiger partial charge on any atom is 0.307 e. The molecule has 0 aliphatic carbocycles. The van der Waals surface area contributed by atoms with Gasteiger partial charge in [0.2, 0.25) is 5.91 Å². The van der Waals surface area contributed by atoms with Gasteiger partial charge in [0.15, 0.2) is 11.5 Å². The summed E-state index contributed by atoms with van der Waals surface area (Å²) in [6, 6.07) is 9.52. The summed E-state index contributed by atoms with van der Waals surface area (Å²) in [5.74, 6) is 0.803. The highest BCUT2D eigenvalue weighted by Gasteiger charge is 2.32. The van der Waals surface area contributed by atoms with Crippen molar-refractivity contribution in [3.05, 3.63) is 52.6 Å². The molecule has 1 aliphatic heterocycles. The Morgan fingerprint density at radius 3 is 2.45 bits per heavy atom. The summed E-state index contributed by atoms with van der Waals surface area (Å²) >= 11 is 0. The molecule has 166 valence electrons. The minimum atomic E-state index is -0.326. The summed E-state index contributed by atoms with van der Waals surface area (Å²) in [7, 11) is 4.55. The number of carbonyl (C=O) groups is 2. The van der Waals surface area contributed by atoms with Gasteiger partial charge in [-0.05, 0) is 60.7 Å². The lowest BCUT2D eigenvalue weighted by Crippen LogP contribution is -2.41. The molecule has 3 rings (SSSR count). The molecule has 0 bridgehead atoms. The second-order valence-electron chi connectivity index (χ2n) is 7.79. The van der Waals surface area contributed by atoms with E-state index in [4.69, 9.17) is 14.2 Å². The number of aryl methyl sites for hydroxylation is 2. The molecule has 0 fully saturated rings. The molecule has 0 spiro atoms. The van der Waals surface area contributed by atoms with Crippen LogP contribution in [0.1, 0.15) is 34.7 Å². The van der Waals surface area contributed by atoms with E-state index in [1.54, 1.807) is 14.2 Å². The molecule has 1 amide bonds. The summed E-state index contributed by atoms with van der Waals surface area (Å²) < 4.78 is 15.8. The number of methoxy groups -OCH3 is 3. The van der Waals surface area contributed by atoms with E-state index in [9.17, 15) is 9.59 Å². The van der Waals surface area contributed by atoms with Gasteiger partial charge >= 0.3 is 5.97 Å². The number of nitrogens with zero attached hydrogens (tertiary/aromatic N) is 1. The first-order chi connectivity index (χ1) is 14.9. The zero-order valence-corrected chi connectivity index (χ0v) is 18.8. The van der Waals surface area contributed by atoms with Gasteiger partial charge in [-0.1, -0.05) is 12.1 Å². The lowest BCUT2D eigenvalue weighted by Gasteiger charge is -2.36. The zero-order chi connectivity index (χ0) is 22.5. The SMILES string of the molecule is COC(=O)C[C@@H]1c2cc(OC)c(OC)cc2CCN1CC(=O)Nc1cc(C)ccc1C. The van der Waals surface area contributed by atoms with E-state index in [0.717, 1.165) is 34.4 Å². The van der Waals surface area contributed by atoms with Gasteiger partial charge in [-0.15, -0.1) is 0 Å². The number of carbonyl (C=O) groups excluding carboxylic acids is 2. The van der Waals surface area contributed by atoms with Crippen molar-refractivity contribution in [1.29, 1.82) is 0 Å². The number of benzene rings is 2. The van der Waals surface area contributed by atoms with E-state index in [1.807, 2.05) is 49.1 Å². The molecule has 0 aromatic heterocycles. The number of hydrogen-bond donors (Lipinski definition) is 1. The number of esters is 1. The van der Waals surface area contributed by atoms with Crippen molar-refractivity contribution in [3.8, 4) is 11.5 Å². The Balaban J connectivity index is 1.86. The minimum Gasteiger partial charge on any atom is -0.493 e. The van der Waals surface area contributed by atoms with Crippen LogP contribution in [0.2, 0.25) is 0 Å². The van der Waals surface area contributed by atoms with Crippen LogP contribution in [0.25, 0.3) is 0 Å². The maximum atomic E-state index is 12.9. The van der Waals surface area contributed by atoms with Crippen molar-refractivity contribution < 1.29 is 23.8 Å². The Kier molecular flexibility index (Phi) is 7.17. The second kappa shape index (κ2) is 9.83. The predicted octanol–water partition coefficient (Wildman–Crippen LogP) is 3.42. The van der Waals surface area contributed by atoms with Crippen LogP contribution in [-0.2, 0) is 20.7 Å². The summed E-state index contributed by atoms with van der Waals surface area (Å²) in [4.78, 5) is 27.1. The van der Waals surface area contributed by atoms with E-state index >= 15 is 0 Å². The number of fused-ring (bicyclic) bond motifs is 1. The highest BCUT2D eigenvalue weighted by Crippen LogP contribution is 2.39. The van der Waals surface area contributed by atoms with Crippen molar-refractivity contribution in [2.45, 2.75) is 32.7 Å². The number of rotatable bonds is 7. The van der Waals surface area contributed by atoms with E-state index in [1.165, 1.54) is 7.11 Å². The summed E-state index contributed by atoms with van der Waals surface area (Å²) in [6.07, 6.45) is 0.889. The third-order valence-electron chi connectivity index (χ3n) is 5.72. The molecular formula is C24H30N2O5. The second-order valence-corrected chi connectivity index (χ2v) is 7.79. The third-order valence-corrected chi connectivity index (χ3v) is 5.72. The van der Waals surface area contributed by atoms with Crippen molar-refractivity contribution >= 4 is 17.6 Å². The minimum absolute atomic E-state index is 0.118. The average Bonchev–Trinajstić information content (AvgIpc) is 2.76. The van der Waals surface area contributed by atoms with Crippen LogP contribution >= 0.6 is 0 Å². The number of ether oxygens (including phenoxy) is 3. The maximum absolute atomic E-state index is 12.9. The quantitative estimate of drug-likeness (QED) is 0.684. The van der Waals surface area contributed by atoms with E-state index < -0.39 is 0 Å². The number of nitrogens with one attached hydrogen (secondary N) is 1. The van der Waals surface area contributed by atoms with Gasteiger partial charge in [-0.3, -0.25) is 14.5 Å². The monoisotopic (exact) mass is 426 g/mol. The van der Waals surface area contributed by atoms with Crippen LogP contribution in [0, 0.1) is 13.8 Å². The van der Waals surface area contributed by atoms with Crippen molar-refractivity contribution in [1.82, 2.24) is 4.90 Å². The van der Waals surface area contributed by atoms with Crippen molar-refractivity contribution in [3.63, 3.8) is 0 Å². The van der Waals surface area contributed by atoms with Crippen LogP contribution in [0.4, 0.5) is 5.69 Å². The van der Waals surface area contributed by atoms with Crippen molar-refractivity contribution in [2.24, 2.45) is 0 Å². The molecule has 1 atom stereocenters. The molecule has 0 radical (unpaired) electrons. The van der Waals surface area contributed by atoms with Crippen LogP contribution < -0.4 is 14.8 Å². The van der Waals surface area contributed by atoms with Crippen molar-refractivity contribution in [2.75, 3.05) is 39.7 Å². The Bertz CT molecular complexity index is 973. The molecule has 7 heteroatoms. The first-order valence-electron chi connectivity index (χ1n) is 10.3. The fraction of sp³-hybridized carbons (Fsp3) is 0.417. The third kappa shape index (κ3) is 5.17. The first-order valence-corrected chi connectivity index (χ1v) is 10.3. The van der Waals surface area contributed by atoms with Gasteiger partial charge < -0.3 is 19.5 Å². The van der Waals surface area contributed by atoms with Gasteiger partial charge in [0.05, 0.1) is 34.3 Å². The van der Waals surface area contributed by atoms with Gasteiger partial charge in [0.25, 0.3) is 0 Å². The first kappa shape index (κ1) is 22.6. The van der Waals surface area contributed by atoms with Crippen LogP contribution in [0.15, 0.2) is 30.3 Å². The average molecular weight is 427 g/mol. The van der Waals surface area contributed by atoms with E-state index in [-0.39, 0.29) is 30.9 Å². The zero-order valence-electron chi connectivity index (χ0n) is 18.8. The Labute approximate surface area is 183 Å². The molecule has 0 unspecified atom stereocenters. The highest BCUT2D eigenvalue weighted by molar-refractivity contribution is 5.93. The molecule has 1 N–H and O–H groups in total. The predicted molar refractivity (Wildman–Crippen MR) is 119 cm³/mol. The van der Waals surface area contributed by atoms with Gasteiger partial charge in [-0.25, -0.2) is 0 Å². The lowest BCUT2D eigenvalue weighted by atomic mass is 9.90. The smallest absolute Gasteiger partial charge is 0.307 e. The largest absolute Gasteiger partial charge is 0.493 e. The fourth-order valence-corrected chi connectivity index (χ4v) is 3.99. The molecule has 0 saturated heterocycles. The molecule has 31 heavy (non-hydrogen) atoms. The Morgan fingerprint density at radius 2 is 1.77 bits per heavy atom. The number of anilines is 1. The van der Waals surface area contributed by atoms with E-state index in [2.05, 4.69) is 5.32 Å². The van der Waals surface area contributed by atoms with Crippen LogP contribution in [0.5, 0.6) is 11.5 Å². The highest BCUT2D eigenvalue weighted by atomic mass is 16.5. The van der Waals surface area contributed by atoms with Gasteiger partial charge in [-0.2, -0.15) is 0 Å². The van der Waals surface area contributed by atoms with Gasteiger partial charge in [0.1, 0.15) is 0 Å². The molecule has 0 saturated carbocycles. The standard InChI is InChI=1S/C24H30N2O5/c1-15-6-7-16(2)19(10-15)25-23(27)14-26-9-8-17-11-21(29-3)22(30-4)12-18(17)20(26)13-24(28)31-5/h6-7,10-12,20H,8-9,13-14H2,1-5H3,(H,25,27)/t20-/m1/s1. The molecular weight excluding hydrogens is 396 g/mol. The topological polar surface area (TPSA) is 77.1 Å². The summed E-state index contributed by atoms with van der Waals surface area (Å²) in [5.41, 5.74) is 4.92. The molecule has 1 aliphatic rings.